The van der Waals surface area contributed by atoms with E-state index in [2.05, 4.69) is 34.3 Å². The molecule has 8 aromatic rings. The Bertz CT molecular complexity index is 4060. The van der Waals surface area contributed by atoms with Gasteiger partial charge in [-0.15, -0.1) is 12.4 Å². The number of hydrogen-bond donors (Lipinski definition) is 5. The lowest BCUT2D eigenvalue weighted by Gasteiger charge is -2.16. The third-order valence-electron chi connectivity index (χ3n) is 15.3. The van der Waals surface area contributed by atoms with Crippen molar-refractivity contribution >= 4 is 101 Å². The lowest BCUT2D eigenvalue weighted by Crippen LogP contribution is -2.29. The summed E-state index contributed by atoms with van der Waals surface area (Å²) in [5.41, 5.74) is 7.21. The number of nitrogens with one attached hydrogen (secondary N) is 2. The Morgan fingerprint density at radius 1 is 0.463 bits per heavy atom. The molecule has 5 N–H and O–H groups in total. The third kappa shape index (κ3) is 21.5. The molecule has 95 heavy (non-hydrogen) atoms. The molecule has 0 atom stereocenters. The molecule has 0 unspecified atom stereocenters. The molecule has 0 bridgehead atoms. The molecule has 0 radical (unpaired) electrons. The highest BCUT2D eigenvalue weighted by Gasteiger charge is 2.25. The van der Waals surface area contributed by atoms with Crippen LogP contribution in [0, 0.1) is 0 Å². The second-order valence-electron chi connectivity index (χ2n) is 23.8. The van der Waals surface area contributed by atoms with E-state index in [1.807, 2.05) is 0 Å². The van der Waals surface area contributed by atoms with Gasteiger partial charge in [-0.3, -0.25) is 38.4 Å². The predicted octanol–water partition coefficient (Wildman–Crippen LogP) is 7.92. The fourth-order valence-corrected chi connectivity index (χ4v) is 11.5. The molecule has 8 heterocycles. The highest BCUT2D eigenvalue weighted by molar-refractivity contribution is 8.13. The van der Waals surface area contributed by atoms with Gasteiger partial charge in [0.2, 0.25) is 11.6 Å². The minimum atomic E-state index is -1.07. The number of unbranched alkanes of at least 4 members (excludes halogenated alkanes) is 3. The van der Waals surface area contributed by atoms with Crippen LogP contribution in [0.25, 0.3) is 0 Å². The maximum Gasteiger partial charge on any atom is 0.406 e. The van der Waals surface area contributed by atoms with Crippen LogP contribution in [0.5, 0.6) is 0 Å². The van der Waals surface area contributed by atoms with E-state index >= 15 is 0 Å². The van der Waals surface area contributed by atoms with Crippen LogP contribution in [0.15, 0.2) is 86.0 Å². The number of aryl methyl sites for hydroxylation is 8. The molecule has 508 valence electrons. The highest BCUT2D eigenvalue weighted by Crippen LogP contribution is 2.22. The van der Waals surface area contributed by atoms with Gasteiger partial charge in [-0.1, -0.05) is 44.9 Å². The summed E-state index contributed by atoms with van der Waals surface area (Å²) >= 11 is 1.43. The summed E-state index contributed by atoms with van der Waals surface area (Å²) in [5, 5.41) is 34.2. The number of carboxylic acid groups (broad SMARTS) is 1. The van der Waals surface area contributed by atoms with Crippen molar-refractivity contribution in [3.63, 3.8) is 0 Å². The smallest absolute Gasteiger partial charge is 0.406 e. The molecule has 25 nitrogen and oxygen atoms in total. The SMILES string of the molecule is CB(O)Nc1cc(C(=O)Cc2cn(C)c(C(=O)Cc3cc(C(=O)Cc4cc(C(=O)O)n(C)c4)n(C)c3)n2)n(C)c1.CCCCCSC(C)=O.CCCCN(C)C(=O)c1cc(CC(=O)c2cc(CC(=O)c3nc(CC(=O)c4cc(NB(C)O)cn4C)cn3C)cn2C)cn1C.Cl. The van der Waals surface area contributed by atoms with Gasteiger partial charge in [0.15, 0.2) is 39.9 Å². The third-order valence-corrected chi connectivity index (χ3v) is 16.2. The van der Waals surface area contributed by atoms with Crippen LogP contribution in [0.2, 0.25) is 13.6 Å². The lowest BCUT2D eigenvalue weighted by molar-refractivity contribution is -0.109. The summed E-state index contributed by atoms with van der Waals surface area (Å²) < 4.78 is 13.1. The number of hydrogen-bond acceptors (Lipinski definition) is 16. The first-order valence-corrected chi connectivity index (χ1v) is 32.0. The topological polar surface area (TPSA) is 307 Å². The quantitative estimate of drug-likeness (QED) is 0.0156. The molecule has 8 aromatic heterocycles. The average Bonchev–Trinajstić information content (AvgIpc) is 1.71. The zero-order valence-corrected chi connectivity index (χ0v) is 58.3. The number of Topliss-reactive ketones (excluding diaryl/α,β-unsaturated/α-hetero) is 6. The lowest BCUT2D eigenvalue weighted by atomic mass is 9.89. The number of anilines is 2. The normalized spacial score (nSPS) is 10.8. The number of aromatic carboxylic acids is 1. The Hall–Kier alpha value is -8.98. The molecule has 0 aliphatic heterocycles. The summed E-state index contributed by atoms with van der Waals surface area (Å²) in [5.74, 6) is -0.883. The number of nitrogens with zero attached hydrogens (tertiary/aromatic N) is 11. The van der Waals surface area contributed by atoms with E-state index in [0.717, 1.165) is 24.2 Å². The number of rotatable bonds is 31. The molecular formula is C66H88B2ClN13O12S. The molecule has 0 saturated heterocycles. The van der Waals surface area contributed by atoms with Gasteiger partial charge < -0.3 is 67.0 Å². The van der Waals surface area contributed by atoms with E-state index in [9.17, 15) is 58.3 Å². The molecule has 0 spiro atoms. The number of amides is 1. The van der Waals surface area contributed by atoms with Crippen LogP contribution >= 0.6 is 24.2 Å². The van der Waals surface area contributed by atoms with E-state index < -0.39 is 20.1 Å². The maximum atomic E-state index is 13.2. The first kappa shape index (κ1) is 76.7. The molecule has 8 rings (SSSR count). The standard InChI is InChI=1S/C32H42BN7O5.C27H31BN6O6.C7H14OS.ClH/c1-8-9-10-36(3)32(44)27-12-22(18-38(27)5)13-28(41)25-11-21(17-37(25)4)14-30(43)31-34-23(19-40(31)7)16-29(42)26-15-24(20-39(26)6)35-33(2)45;1-28(40)30-19-10-21(33(4)15-19)24(36)11-18-14-34(5)26(29-18)25(37)9-16-6-20(31(2)12-16)23(35)8-17-7-22(27(38)39)32(3)13-17;1-3-4-5-6-9-7(2)8;/h11-12,15,17-20,35,45H,8-10,13-14,16H2,1-7H3;6-7,10,12-15,30,40H,8-9,11H2,1-5H3,(H,38,39);3-6H2,1-2H3;1H. The number of carbonyl (C=O) groups is 9. The van der Waals surface area contributed by atoms with Gasteiger partial charge in [-0.05, 0) is 85.1 Å². The van der Waals surface area contributed by atoms with Crippen LogP contribution < -0.4 is 10.5 Å². The van der Waals surface area contributed by atoms with Crippen LogP contribution in [-0.2, 0) is 99.7 Å². The molecular weight excluding hydrogens is 1260 g/mol. The molecule has 0 aliphatic rings. The Morgan fingerprint density at radius 2 is 0.800 bits per heavy atom. The Labute approximate surface area is 565 Å². The molecule has 0 aliphatic carbocycles. The van der Waals surface area contributed by atoms with Gasteiger partial charge in [0.1, 0.15) is 11.4 Å². The number of imidazole rings is 2. The number of halogens is 1. The molecule has 1 amide bonds. The highest BCUT2D eigenvalue weighted by atomic mass is 35.5. The van der Waals surface area contributed by atoms with Crippen LogP contribution in [0.4, 0.5) is 11.4 Å². The van der Waals surface area contributed by atoms with Gasteiger partial charge in [0, 0.05) is 169 Å². The Morgan fingerprint density at radius 3 is 1.17 bits per heavy atom. The minimum Gasteiger partial charge on any atom is -0.477 e. The van der Waals surface area contributed by atoms with Crippen molar-refractivity contribution in [1.82, 2.24) is 51.4 Å². The average molecular weight is 1340 g/mol. The summed E-state index contributed by atoms with van der Waals surface area (Å²) in [7, 11) is 14.0. The number of ketones is 6. The van der Waals surface area contributed by atoms with Crippen molar-refractivity contribution in [3.8, 4) is 0 Å². The summed E-state index contributed by atoms with van der Waals surface area (Å²) in [4.78, 5) is 123. The maximum absolute atomic E-state index is 13.2. The molecule has 0 fully saturated rings. The molecule has 29 heteroatoms. The van der Waals surface area contributed by atoms with Gasteiger partial charge >= 0.3 is 20.1 Å². The summed E-state index contributed by atoms with van der Waals surface area (Å²) in [6.07, 6.45) is 19.4. The first-order valence-electron chi connectivity index (χ1n) is 31.0. The van der Waals surface area contributed by atoms with E-state index in [1.54, 1.807) is 201 Å². The van der Waals surface area contributed by atoms with Crippen LogP contribution in [0.3, 0.4) is 0 Å². The number of thioether (sulfide) groups is 1. The van der Waals surface area contributed by atoms with Gasteiger partial charge in [-0.2, -0.15) is 0 Å². The largest absolute Gasteiger partial charge is 0.477 e. The van der Waals surface area contributed by atoms with E-state index in [0.29, 0.717) is 74.5 Å². The monoisotopic (exact) mass is 1340 g/mol. The second-order valence-corrected chi connectivity index (χ2v) is 25.1. The van der Waals surface area contributed by atoms with Gasteiger partial charge in [-0.25, -0.2) is 14.8 Å². The number of carbonyl (C=O) groups excluding carboxylic acids is 8. The number of aromatic nitrogens is 10. The second kappa shape index (κ2) is 35.0. The zero-order chi connectivity index (χ0) is 69.4. The summed E-state index contributed by atoms with van der Waals surface area (Å²) in [6.45, 7) is 9.72. The van der Waals surface area contributed by atoms with Crippen molar-refractivity contribution < 1.29 is 58.3 Å². The van der Waals surface area contributed by atoms with Gasteiger partial charge in [0.25, 0.3) is 5.91 Å². The predicted molar refractivity (Wildman–Crippen MR) is 371 cm³/mol. The minimum absolute atomic E-state index is 0. The number of carboxylic acids is 1. The summed E-state index contributed by atoms with van der Waals surface area (Å²) in [6, 6.07) is 9.93. The Kier molecular flexibility index (Phi) is 28.2. The fraction of sp³-hybridized carbons (Fsp3) is 0.409. The van der Waals surface area contributed by atoms with Crippen molar-refractivity contribution in [2.75, 3.05) is 29.8 Å². The van der Waals surface area contributed by atoms with Crippen LogP contribution in [-0.4, -0.2) is 152 Å². The Balaban J connectivity index is 0.000000303. The van der Waals surface area contributed by atoms with Crippen molar-refractivity contribution in [1.29, 1.82) is 0 Å². The van der Waals surface area contributed by atoms with E-state index in [4.69, 9.17) is 0 Å². The first-order chi connectivity index (χ1) is 44.3. The van der Waals surface area contributed by atoms with Crippen LogP contribution in [0.1, 0.15) is 171 Å². The fourth-order valence-electron chi connectivity index (χ4n) is 10.8. The van der Waals surface area contributed by atoms with Crippen molar-refractivity contribution in [3.05, 3.63) is 165 Å². The molecule has 0 saturated carbocycles. The van der Waals surface area contributed by atoms with Gasteiger partial charge in [0.05, 0.1) is 47.0 Å². The zero-order valence-electron chi connectivity index (χ0n) is 56.7. The van der Waals surface area contributed by atoms with E-state index in [-0.39, 0.29) is 114 Å². The van der Waals surface area contributed by atoms with Crippen molar-refractivity contribution in [2.24, 2.45) is 56.4 Å². The molecule has 0 aromatic carbocycles. The van der Waals surface area contributed by atoms with Crippen molar-refractivity contribution in [2.45, 2.75) is 105 Å². The van der Waals surface area contributed by atoms with E-state index in [1.165, 1.54) is 41.7 Å².